The molecule has 2 aliphatic carbocycles. The minimum absolute atomic E-state index is 0.0372. The van der Waals surface area contributed by atoms with Crippen LogP contribution < -0.4 is 10.4 Å². The maximum Gasteiger partial charge on any atom is 0.224 e. The summed E-state index contributed by atoms with van der Waals surface area (Å²) in [7, 11) is 0. The minimum atomic E-state index is -1.10. The number of amides is 1. The molecule has 1 fully saturated rings. The molecule has 4 nitrogen and oxygen atoms in total. The number of rotatable bonds is 5. The van der Waals surface area contributed by atoms with Crippen LogP contribution in [-0.2, 0) is 16.0 Å². The number of hydrogen-bond donors (Lipinski definition) is 1. The van der Waals surface area contributed by atoms with Gasteiger partial charge < -0.3 is 15.2 Å². The molecule has 2 aliphatic rings. The standard InChI is InChI=1S/C17H19NO3/c19-16(18-9-8-11-4-2-1-3-5-11)14-12-6-7-13(10-12)15(14)17(20)21/h1-7,12-15H,8-10H2,(H,18,19)(H,20,21)/p-1/t12-,13-,14+,15-/m0/s1. The summed E-state index contributed by atoms with van der Waals surface area (Å²) in [6.07, 6.45) is 5.40. The summed E-state index contributed by atoms with van der Waals surface area (Å²) >= 11 is 0. The lowest BCUT2D eigenvalue weighted by Crippen LogP contribution is -2.45. The molecule has 1 N–H and O–H groups in total. The zero-order chi connectivity index (χ0) is 14.8. The summed E-state index contributed by atoms with van der Waals surface area (Å²) in [4.78, 5) is 23.6. The molecule has 0 unspecified atom stereocenters. The van der Waals surface area contributed by atoms with Crippen molar-refractivity contribution in [3.05, 3.63) is 48.0 Å². The van der Waals surface area contributed by atoms with Crippen molar-refractivity contribution in [1.82, 2.24) is 5.32 Å². The fraction of sp³-hybridized carbons (Fsp3) is 0.412. The van der Waals surface area contributed by atoms with Crippen LogP contribution in [0.25, 0.3) is 0 Å². The lowest BCUT2D eigenvalue weighted by atomic mass is 9.82. The number of carbonyl (C=O) groups excluding carboxylic acids is 2. The first-order chi connectivity index (χ1) is 10.2. The molecule has 0 radical (unpaired) electrons. The molecular formula is C17H18NO3-. The summed E-state index contributed by atoms with van der Waals surface area (Å²) in [5.41, 5.74) is 1.15. The second-order valence-corrected chi connectivity index (χ2v) is 5.85. The van der Waals surface area contributed by atoms with Gasteiger partial charge in [0.05, 0.1) is 5.92 Å². The van der Waals surface area contributed by atoms with Gasteiger partial charge in [-0.2, -0.15) is 0 Å². The molecule has 110 valence electrons. The molecule has 0 spiro atoms. The van der Waals surface area contributed by atoms with Crippen molar-refractivity contribution in [1.29, 1.82) is 0 Å². The summed E-state index contributed by atoms with van der Waals surface area (Å²) in [5, 5.41) is 14.2. The Morgan fingerprint density at radius 3 is 2.43 bits per heavy atom. The van der Waals surface area contributed by atoms with Crippen molar-refractivity contribution in [2.45, 2.75) is 12.8 Å². The lowest BCUT2D eigenvalue weighted by Gasteiger charge is -2.27. The highest BCUT2D eigenvalue weighted by Crippen LogP contribution is 2.47. The molecule has 4 heteroatoms. The van der Waals surface area contributed by atoms with Gasteiger partial charge in [-0.05, 0) is 30.2 Å². The second kappa shape index (κ2) is 5.72. The first-order valence-corrected chi connectivity index (χ1v) is 7.37. The number of carboxylic acids is 1. The van der Waals surface area contributed by atoms with Gasteiger partial charge in [0.25, 0.3) is 0 Å². The third-order valence-electron chi connectivity index (χ3n) is 4.59. The van der Waals surface area contributed by atoms with Crippen LogP contribution >= 0.6 is 0 Å². The largest absolute Gasteiger partial charge is 0.550 e. The average molecular weight is 284 g/mol. The van der Waals surface area contributed by atoms with Crippen LogP contribution in [0.5, 0.6) is 0 Å². The van der Waals surface area contributed by atoms with Gasteiger partial charge in [-0.15, -0.1) is 0 Å². The van der Waals surface area contributed by atoms with Gasteiger partial charge in [0.2, 0.25) is 5.91 Å². The van der Waals surface area contributed by atoms with Crippen LogP contribution in [0.4, 0.5) is 0 Å². The van der Waals surface area contributed by atoms with Crippen LogP contribution in [-0.4, -0.2) is 18.4 Å². The smallest absolute Gasteiger partial charge is 0.224 e. The first-order valence-electron chi connectivity index (χ1n) is 7.37. The summed E-state index contributed by atoms with van der Waals surface area (Å²) in [5.74, 6) is -2.39. The number of nitrogens with one attached hydrogen (secondary N) is 1. The van der Waals surface area contributed by atoms with Crippen LogP contribution in [0, 0.1) is 23.7 Å². The van der Waals surface area contributed by atoms with Crippen molar-refractivity contribution >= 4 is 11.9 Å². The van der Waals surface area contributed by atoms with Gasteiger partial charge in [-0.3, -0.25) is 4.79 Å². The number of benzene rings is 1. The lowest BCUT2D eigenvalue weighted by molar-refractivity contribution is -0.313. The first kappa shape index (κ1) is 13.9. The molecule has 0 aromatic heterocycles. The molecule has 0 aliphatic heterocycles. The SMILES string of the molecule is O=C([O-])[C@@H]1[C@H](C(=O)NCCc2ccccc2)[C@H]2C=C[C@H]1C2. The highest BCUT2D eigenvalue weighted by molar-refractivity contribution is 5.86. The zero-order valence-corrected chi connectivity index (χ0v) is 11.7. The Morgan fingerprint density at radius 1 is 1.10 bits per heavy atom. The predicted octanol–water partition coefficient (Wildman–Crippen LogP) is 0.534. The highest BCUT2D eigenvalue weighted by atomic mass is 16.4. The third-order valence-corrected chi connectivity index (χ3v) is 4.59. The van der Waals surface area contributed by atoms with Gasteiger partial charge in [0, 0.05) is 18.4 Å². The summed E-state index contributed by atoms with van der Waals surface area (Å²) in [6, 6.07) is 9.90. The topological polar surface area (TPSA) is 69.2 Å². The highest BCUT2D eigenvalue weighted by Gasteiger charge is 2.48. The van der Waals surface area contributed by atoms with Crippen molar-refractivity contribution in [2.75, 3.05) is 6.54 Å². The fourth-order valence-corrected chi connectivity index (χ4v) is 3.59. The van der Waals surface area contributed by atoms with Crippen molar-refractivity contribution in [3.63, 3.8) is 0 Å². The van der Waals surface area contributed by atoms with Crippen LogP contribution in [0.3, 0.4) is 0 Å². The zero-order valence-electron chi connectivity index (χ0n) is 11.7. The molecule has 0 saturated heterocycles. The molecule has 1 aromatic rings. The van der Waals surface area contributed by atoms with Gasteiger partial charge >= 0.3 is 0 Å². The van der Waals surface area contributed by atoms with Crippen LogP contribution in [0.1, 0.15) is 12.0 Å². The van der Waals surface area contributed by atoms with E-state index in [4.69, 9.17) is 0 Å². The molecule has 4 atom stereocenters. The fourth-order valence-electron chi connectivity index (χ4n) is 3.59. The van der Waals surface area contributed by atoms with E-state index in [1.165, 1.54) is 0 Å². The molecule has 0 heterocycles. The Morgan fingerprint density at radius 2 is 1.76 bits per heavy atom. The summed E-state index contributed by atoms with van der Waals surface area (Å²) in [6.45, 7) is 0.528. The summed E-state index contributed by atoms with van der Waals surface area (Å²) < 4.78 is 0. The third kappa shape index (κ3) is 2.71. The molecule has 1 aromatic carbocycles. The van der Waals surface area contributed by atoms with Gasteiger partial charge in [0.1, 0.15) is 0 Å². The van der Waals surface area contributed by atoms with Crippen molar-refractivity contribution in [2.24, 2.45) is 23.7 Å². The van der Waals surface area contributed by atoms with Gasteiger partial charge in [-0.1, -0.05) is 42.5 Å². The molecule has 21 heavy (non-hydrogen) atoms. The van der Waals surface area contributed by atoms with E-state index in [1.54, 1.807) is 0 Å². The maximum absolute atomic E-state index is 12.3. The maximum atomic E-state index is 12.3. The molecule has 3 rings (SSSR count). The molecular weight excluding hydrogens is 266 g/mol. The number of carboxylic acid groups (broad SMARTS) is 1. The van der Waals surface area contributed by atoms with Crippen LogP contribution in [0.2, 0.25) is 0 Å². The minimum Gasteiger partial charge on any atom is -0.550 e. The van der Waals surface area contributed by atoms with Gasteiger partial charge in [0.15, 0.2) is 0 Å². The van der Waals surface area contributed by atoms with Crippen molar-refractivity contribution < 1.29 is 14.7 Å². The second-order valence-electron chi connectivity index (χ2n) is 5.85. The Balaban J connectivity index is 1.58. The Kier molecular flexibility index (Phi) is 3.78. The Hall–Kier alpha value is -2.10. The van der Waals surface area contributed by atoms with Gasteiger partial charge in [-0.25, -0.2) is 0 Å². The van der Waals surface area contributed by atoms with E-state index < -0.39 is 17.8 Å². The van der Waals surface area contributed by atoms with Crippen LogP contribution in [0.15, 0.2) is 42.5 Å². The molecule has 2 bridgehead atoms. The van der Waals surface area contributed by atoms with E-state index in [-0.39, 0.29) is 17.7 Å². The predicted molar refractivity (Wildman–Crippen MR) is 75.9 cm³/mol. The van der Waals surface area contributed by atoms with E-state index in [2.05, 4.69) is 5.32 Å². The van der Waals surface area contributed by atoms with E-state index in [9.17, 15) is 14.7 Å². The van der Waals surface area contributed by atoms with E-state index in [0.29, 0.717) is 6.54 Å². The number of carbonyl (C=O) groups is 2. The Labute approximate surface area is 123 Å². The Bertz CT molecular complexity index is 567. The van der Waals surface area contributed by atoms with E-state index in [1.807, 2.05) is 42.5 Å². The number of hydrogen-bond acceptors (Lipinski definition) is 3. The average Bonchev–Trinajstić information content (AvgIpc) is 3.08. The monoisotopic (exact) mass is 284 g/mol. The van der Waals surface area contributed by atoms with E-state index in [0.717, 1.165) is 18.4 Å². The number of aliphatic carboxylic acids is 1. The number of fused-ring (bicyclic) bond motifs is 2. The van der Waals surface area contributed by atoms with Crippen molar-refractivity contribution in [3.8, 4) is 0 Å². The normalized spacial score (nSPS) is 29.5. The quantitative estimate of drug-likeness (QED) is 0.802. The van der Waals surface area contributed by atoms with E-state index >= 15 is 0 Å². The molecule has 1 saturated carbocycles. The number of allylic oxidation sites excluding steroid dienone is 2. The molecule has 1 amide bonds.